The van der Waals surface area contributed by atoms with Gasteiger partial charge in [0.1, 0.15) is 12.4 Å². The highest BCUT2D eigenvalue weighted by atomic mass is 127. The van der Waals surface area contributed by atoms with Gasteiger partial charge in [-0.15, -0.1) is 0 Å². The highest BCUT2D eigenvalue weighted by Crippen LogP contribution is 2.16. The Balaban J connectivity index is 1.52. The lowest BCUT2D eigenvalue weighted by Gasteiger charge is -2.07. The van der Waals surface area contributed by atoms with Crippen molar-refractivity contribution in [3.8, 4) is 5.75 Å². The van der Waals surface area contributed by atoms with E-state index in [0.717, 1.165) is 19.2 Å². The fourth-order valence-electron chi connectivity index (χ4n) is 2.23. The van der Waals surface area contributed by atoms with Crippen molar-refractivity contribution in [2.45, 2.75) is 6.61 Å². The van der Waals surface area contributed by atoms with Crippen LogP contribution in [-0.4, -0.2) is 12.1 Å². The zero-order chi connectivity index (χ0) is 19.1. The third kappa shape index (κ3) is 6.18. The van der Waals surface area contributed by atoms with E-state index in [2.05, 4.69) is 49.0 Å². The molecule has 0 bridgehead atoms. The van der Waals surface area contributed by atoms with Crippen molar-refractivity contribution in [1.29, 1.82) is 0 Å². The van der Waals surface area contributed by atoms with Crippen LogP contribution in [0.25, 0.3) is 0 Å². The molecular formula is C21H16BrIN2O2. The number of ether oxygens (including phenoxy) is 1. The zero-order valence-corrected chi connectivity index (χ0v) is 18.0. The van der Waals surface area contributed by atoms with Gasteiger partial charge < -0.3 is 4.74 Å². The fourth-order valence-corrected chi connectivity index (χ4v) is 2.85. The van der Waals surface area contributed by atoms with Crippen LogP contribution in [-0.2, 0) is 6.61 Å². The molecule has 0 saturated heterocycles. The number of nitrogens with zero attached hydrogens (tertiary/aromatic N) is 1. The van der Waals surface area contributed by atoms with E-state index in [1.54, 1.807) is 30.5 Å². The number of benzene rings is 3. The van der Waals surface area contributed by atoms with E-state index in [1.165, 1.54) is 0 Å². The van der Waals surface area contributed by atoms with E-state index in [4.69, 9.17) is 4.74 Å². The standard InChI is InChI=1S/C21H16BrIN2O2/c22-18-7-1-16(2-8-18)14-27-20-11-5-17(6-12-20)21(26)25-24-13-15-3-9-19(23)10-4-15/h1-13H,14H2,(H,25,26)/b24-13+. The number of nitrogens with one attached hydrogen (secondary N) is 1. The number of hydrazone groups is 1. The van der Waals surface area contributed by atoms with Gasteiger partial charge in [0.25, 0.3) is 5.91 Å². The summed E-state index contributed by atoms with van der Waals surface area (Å²) < 4.78 is 7.92. The van der Waals surface area contributed by atoms with Gasteiger partial charge in [0.2, 0.25) is 0 Å². The summed E-state index contributed by atoms with van der Waals surface area (Å²) in [6, 6.07) is 22.8. The molecule has 0 aromatic heterocycles. The molecule has 3 rings (SSSR count). The Labute approximate surface area is 179 Å². The molecule has 1 amide bonds. The second kappa shape index (κ2) is 9.66. The third-order valence-electron chi connectivity index (χ3n) is 3.68. The highest BCUT2D eigenvalue weighted by Gasteiger charge is 2.04. The van der Waals surface area contributed by atoms with Crippen molar-refractivity contribution in [2.24, 2.45) is 5.10 Å². The molecule has 4 nitrogen and oxygen atoms in total. The fraction of sp³-hybridized carbons (Fsp3) is 0.0476. The first-order valence-electron chi connectivity index (χ1n) is 8.16. The number of rotatable bonds is 6. The molecule has 3 aromatic rings. The summed E-state index contributed by atoms with van der Waals surface area (Å²) in [6.45, 7) is 0.471. The molecule has 0 aliphatic rings. The van der Waals surface area contributed by atoms with Crippen LogP contribution >= 0.6 is 38.5 Å². The molecule has 0 aliphatic heterocycles. The van der Waals surface area contributed by atoms with Gasteiger partial charge in [-0.2, -0.15) is 5.10 Å². The quantitative estimate of drug-likeness (QED) is 0.261. The van der Waals surface area contributed by atoms with Gasteiger partial charge in [-0.1, -0.05) is 40.2 Å². The van der Waals surface area contributed by atoms with Gasteiger partial charge in [0.05, 0.1) is 6.21 Å². The Kier molecular flexibility index (Phi) is 7.00. The Bertz CT molecular complexity index is 924. The normalized spacial score (nSPS) is 10.7. The number of hydrogen-bond donors (Lipinski definition) is 1. The Morgan fingerprint density at radius 1 is 1.00 bits per heavy atom. The topological polar surface area (TPSA) is 50.7 Å². The van der Waals surface area contributed by atoms with Crippen molar-refractivity contribution in [1.82, 2.24) is 5.43 Å². The maximum absolute atomic E-state index is 12.1. The van der Waals surface area contributed by atoms with E-state index in [9.17, 15) is 4.79 Å². The maximum atomic E-state index is 12.1. The van der Waals surface area contributed by atoms with Crippen molar-refractivity contribution in [2.75, 3.05) is 0 Å². The van der Waals surface area contributed by atoms with Gasteiger partial charge in [0, 0.05) is 13.6 Å². The lowest BCUT2D eigenvalue weighted by molar-refractivity contribution is 0.0955. The first-order chi connectivity index (χ1) is 13.1. The molecule has 136 valence electrons. The smallest absolute Gasteiger partial charge is 0.271 e. The average Bonchev–Trinajstić information content (AvgIpc) is 2.69. The van der Waals surface area contributed by atoms with Crippen molar-refractivity contribution >= 4 is 50.6 Å². The van der Waals surface area contributed by atoms with Gasteiger partial charge in [-0.3, -0.25) is 4.79 Å². The van der Waals surface area contributed by atoms with Gasteiger partial charge in [-0.05, 0) is 82.2 Å². The molecule has 3 aromatic carbocycles. The van der Waals surface area contributed by atoms with Gasteiger partial charge in [-0.25, -0.2) is 5.43 Å². The number of amides is 1. The van der Waals surface area contributed by atoms with Crippen LogP contribution in [0.1, 0.15) is 21.5 Å². The Morgan fingerprint density at radius 2 is 1.67 bits per heavy atom. The minimum atomic E-state index is -0.267. The molecule has 0 atom stereocenters. The second-order valence-electron chi connectivity index (χ2n) is 5.69. The first-order valence-corrected chi connectivity index (χ1v) is 10.0. The number of carbonyl (C=O) groups excluding carboxylic acids is 1. The SMILES string of the molecule is O=C(N/N=C/c1ccc(I)cc1)c1ccc(OCc2ccc(Br)cc2)cc1. The van der Waals surface area contributed by atoms with E-state index in [0.29, 0.717) is 17.9 Å². The Morgan fingerprint density at radius 3 is 2.33 bits per heavy atom. The number of hydrogen-bond acceptors (Lipinski definition) is 3. The number of halogens is 2. The molecule has 6 heteroatoms. The van der Waals surface area contributed by atoms with Crippen LogP contribution in [0.2, 0.25) is 0 Å². The summed E-state index contributed by atoms with van der Waals surface area (Å²) >= 11 is 5.65. The van der Waals surface area contributed by atoms with Crippen LogP contribution in [0.5, 0.6) is 5.75 Å². The van der Waals surface area contributed by atoms with E-state index >= 15 is 0 Å². The first kappa shape index (κ1) is 19.6. The lowest BCUT2D eigenvalue weighted by atomic mass is 10.2. The summed E-state index contributed by atoms with van der Waals surface area (Å²) in [5.41, 5.74) is 5.04. The van der Waals surface area contributed by atoms with Crippen molar-refractivity contribution in [3.05, 3.63) is 97.5 Å². The van der Waals surface area contributed by atoms with Crippen molar-refractivity contribution < 1.29 is 9.53 Å². The number of carbonyl (C=O) groups is 1. The second-order valence-corrected chi connectivity index (χ2v) is 7.85. The summed E-state index contributed by atoms with van der Waals surface area (Å²) in [6.07, 6.45) is 1.61. The summed E-state index contributed by atoms with van der Waals surface area (Å²) in [4.78, 5) is 12.1. The van der Waals surface area contributed by atoms with Crippen LogP contribution in [0, 0.1) is 3.57 Å². The third-order valence-corrected chi connectivity index (χ3v) is 4.93. The molecule has 27 heavy (non-hydrogen) atoms. The highest BCUT2D eigenvalue weighted by molar-refractivity contribution is 14.1. The zero-order valence-electron chi connectivity index (χ0n) is 14.2. The van der Waals surface area contributed by atoms with E-state index < -0.39 is 0 Å². The molecule has 0 aliphatic carbocycles. The molecule has 0 heterocycles. The van der Waals surface area contributed by atoms with Crippen LogP contribution in [0.3, 0.4) is 0 Å². The van der Waals surface area contributed by atoms with E-state index in [-0.39, 0.29) is 5.91 Å². The lowest BCUT2D eigenvalue weighted by Crippen LogP contribution is -2.17. The average molecular weight is 535 g/mol. The van der Waals surface area contributed by atoms with E-state index in [1.807, 2.05) is 48.5 Å². The van der Waals surface area contributed by atoms with Crippen LogP contribution in [0.4, 0.5) is 0 Å². The molecular weight excluding hydrogens is 519 g/mol. The summed E-state index contributed by atoms with van der Waals surface area (Å²) in [5.74, 6) is 0.438. The monoisotopic (exact) mass is 534 g/mol. The molecule has 0 radical (unpaired) electrons. The molecule has 0 unspecified atom stereocenters. The molecule has 1 N–H and O–H groups in total. The molecule has 0 saturated carbocycles. The minimum absolute atomic E-state index is 0.267. The van der Waals surface area contributed by atoms with Gasteiger partial charge >= 0.3 is 0 Å². The molecule has 0 spiro atoms. The minimum Gasteiger partial charge on any atom is -0.489 e. The van der Waals surface area contributed by atoms with Crippen LogP contribution < -0.4 is 10.2 Å². The predicted molar refractivity (Wildman–Crippen MR) is 119 cm³/mol. The largest absolute Gasteiger partial charge is 0.489 e. The predicted octanol–water partition coefficient (Wildman–Crippen LogP) is 5.40. The summed E-state index contributed by atoms with van der Waals surface area (Å²) in [7, 11) is 0. The maximum Gasteiger partial charge on any atom is 0.271 e. The molecule has 0 fully saturated rings. The summed E-state index contributed by atoms with van der Waals surface area (Å²) in [5, 5.41) is 3.99. The van der Waals surface area contributed by atoms with Crippen LogP contribution in [0.15, 0.2) is 82.4 Å². The van der Waals surface area contributed by atoms with Gasteiger partial charge in [0.15, 0.2) is 0 Å². The van der Waals surface area contributed by atoms with Crippen molar-refractivity contribution in [3.63, 3.8) is 0 Å². The Hall–Kier alpha value is -2.19.